The highest BCUT2D eigenvalue weighted by Crippen LogP contribution is 2.25. The quantitative estimate of drug-likeness (QED) is 0.624. The largest absolute Gasteiger partial charge is 0.478 e. The molecule has 18 heavy (non-hydrogen) atoms. The highest BCUT2D eigenvalue weighted by atomic mass is 16.6. The number of carbonyl (C=O) groups excluding carboxylic acids is 1. The van der Waals surface area contributed by atoms with Gasteiger partial charge in [-0.25, -0.2) is 9.59 Å². The second kappa shape index (κ2) is 5.13. The molecule has 96 valence electrons. The Labute approximate surface area is 102 Å². The Balaban J connectivity index is 3.16. The number of carbonyl (C=O) groups is 2. The Hall–Kier alpha value is -2.64. The highest BCUT2D eigenvalue weighted by Gasteiger charge is 2.19. The Morgan fingerprint density at radius 3 is 2.44 bits per heavy atom. The van der Waals surface area contributed by atoms with Crippen LogP contribution in [-0.4, -0.2) is 41.0 Å². The standard InChI is InChI=1S/C10H11N3O5/c1-12(2)10(16)11-7-4-3-6(9(14)15)5-8(7)13(17)18/h3-5H,1-2H3,(H,11,16)(H,14,15). The summed E-state index contributed by atoms with van der Waals surface area (Å²) in [4.78, 5) is 33.3. The maximum Gasteiger partial charge on any atom is 0.335 e. The molecule has 0 fully saturated rings. The molecule has 0 bridgehead atoms. The van der Waals surface area contributed by atoms with Crippen LogP contribution >= 0.6 is 0 Å². The van der Waals surface area contributed by atoms with Gasteiger partial charge in [-0.1, -0.05) is 0 Å². The topological polar surface area (TPSA) is 113 Å². The molecule has 0 saturated heterocycles. The van der Waals surface area contributed by atoms with Crippen molar-refractivity contribution in [3.05, 3.63) is 33.9 Å². The summed E-state index contributed by atoms with van der Waals surface area (Å²) in [5, 5.41) is 21.8. The predicted molar refractivity (Wildman–Crippen MR) is 62.8 cm³/mol. The van der Waals surface area contributed by atoms with E-state index in [2.05, 4.69) is 5.32 Å². The van der Waals surface area contributed by atoms with Crippen molar-refractivity contribution < 1.29 is 19.6 Å². The lowest BCUT2D eigenvalue weighted by Crippen LogP contribution is -2.27. The third kappa shape index (κ3) is 2.94. The number of nitrogens with zero attached hydrogens (tertiary/aromatic N) is 2. The SMILES string of the molecule is CN(C)C(=O)Nc1ccc(C(=O)O)cc1[N+](=O)[O-]. The number of rotatable bonds is 3. The van der Waals surface area contributed by atoms with E-state index < -0.39 is 22.6 Å². The zero-order valence-electron chi connectivity index (χ0n) is 9.71. The van der Waals surface area contributed by atoms with Crippen LogP contribution in [0.1, 0.15) is 10.4 Å². The van der Waals surface area contributed by atoms with E-state index in [1.807, 2.05) is 0 Å². The van der Waals surface area contributed by atoms with Crippen LogP contribution in [0.3, 0.4) is 0 Å². The van der Waals surface area contributed by atoms with Crippen LogP contribution in [0, 0.1) is 10.1 Å². The van der Waals surface area contributed by atoms with Gasteiger partial charge >= 0.3 is 12.0 Å². The molecule has 0 aliphatic heterocycles. The van der Waals surface area contributed by atoms with Crippen LogP contribution in [0.4, 0.5) is 16.2 Å². The zero-order valence-corrected chi connectivity index (χ0v) is 9.71. The molecule has 0 heterocycles. The molecule has 8 heteroatoms. The minimum atomic E-state index is -1.27. The van der Waals surface area contributed by atoms with Crippen LogP contribution in [0.5, 0.6) is 0 Å². The molecule has 0 aromatic heterocycles. The number of aromatic carboxylic acids is 1. The maximum absolute atomic E-state index is 11.4. The van der Waals surface area contributed by atoms with Gasteiger partial charge in [-0.3, -0.25) is 10.1 Å². The summed E-state index contributed by atoms with van der Waals surface area (Å²) in [5.74, 6) is -1.27. The van der Waals surface area contributed by atoms with E-state index in [0.717, 1.165) is 6.07 Å². The predicted octanol–water partition coefficient (Wildman–Crippen LogP) is 1.39. The minimum Gasteiger partial charge on any atom is -0.478 e. The first-order valence-corrected chi connectivity index (χ1v) is 4.83. The van der Waals surface area contributed by atoms with Crippen molar-refractivity contribution in [1.82, 2.24) is 4.90 Å². The van der Waals surface area contributed by atoms with E-state index in [1.165, 1.54) is 31.1 Å². The number of nitrogens with one attached hydrogen (secondary N) is 1. The van der Waals surface area contributed by atoms with Crippen molar-refractivity contribution in [3.8, 4) is 0 Å². The molecule has 8 nitrogen and oxygen atoms in total. The Bertz CT molecular complexity index is 512. The number of benzene rings is 1. The van der Waals surface area contributed by atoms with E-state index in [-0.39, 0.29) is 11.3 Å². The van der Waals surface area contributed by atoms with Crippen molar-refractivity contribution in [3.63, 3.8) is 0 Å². The molecular formula is C10H11N3O5. The summed E-state index contributed by atoms with van der Waals surface area (Å²) in [6.07, 6.45) is 0. The molecule has 1 aromatic rings. The lowest BCUT2D eigenvalue weighted by Gasteiger charge is -2.12. The summed E-state index contributed by atoms with van der Waals surface area (Å²) in [7, 11) is 2.96. The molecule has 1 aromatic carbocycles. The van der Waals surface area contributed by atoms with E-state index in [1.54, 1.807) is 0 Å². The molecule has 2 N–H and O–H groups in total. The number of carboxylic acids is 1. The Morgan fingerprint density at radius 2 is 2.00 bits per heavy atom. The minimum absolute atomic E-state index is 0.0521. The lowest BCUT2D eigenvalue weighted by molar-refractivity contribution is -0.383. The second-order valence-electron chi connectivity index (χ2n) is 3.62. The zero-order chi connectivity index (χ0) is 13.9. The molecule has 0 aliphatic carbocycles. The monoisotopic (exact) mass is 253 g/mol. The summed E-state index contributed by atoms with van der Waals surface area (Å²) >= 11 is 0. The third-order valence-electron chi connectivity index (χ3n) is 2.09. The first-order valence-electron chi connectivity index (χ1n) is 4.83. The number of carboxylic acid groups (broad SMARTS) is 1. The molecule has 0 spiro atoms. The van der Waals surface area contributed by atoms with E-state index in [4.69, 9.17) is 5.11 Å². The Morgan fingerprint density at radius 1 is 1.39 bits per heavy atom. The first kappa shape index (κ1) is 13.4. The summed E-state index contributed by atoms with van der Waals surface area (Å²) in [6, 6.07) is 2.72. The van der Waals surface area contributed by atoms with Gasteiger partial charge in [-0.2, -0.15) is 0 Å². The van der Waals surface area contributed by atoms with Gasteiger partial charge in [0.15, 0.2) is 0 Å². The van der Waals surface area contributed by atoms with E-state index in [9.17, 15) is 19.7 Å². The van der Waals surface area contributed by atoms with Crippen molar-refractivity contribution in [2.45, 2.75) is 0 Å². The molecule has 0 radical (unpaired) electrons. The molecular weight excluding hydrogens is 242 g/mol. The summed E-state index contributed by atoms with van der Waals surface area (Å²) in [6.45, 7) is 0. The van der Waals surface area contributed by atoms with Crippen molar-refractivity contribution in [2.75, 3.05) is 19.4 Å². The fourth-order valence-corrected chi connectivity index (χ4v) is 1.15. The van der Waals surface area contributed by atoms with Crippen LogP contribution < -0.4 is 5.32 Å². The highest BCUT2D eigenvalue weighted by molar-refractivity contribution is 5.94. The van der Waals surface area contributed by atoms with Gasteiger partial charge in [-0.05, 0) is 12.1 Å². The third-order valence-corrected chi connectivity index (χ3v) is 2.09. The molecule has 0 aliphatic rings. The molecule has 0 unspecified atom stereocenters. The molecule has 0 atom stereocenters. The molecule has 0 saturated carbocycles. The average Bonchev–Trinajstić information content (AvgIpc) is 2.28. The number of urea groups is 1. The van der Waals surface area contributed by atoms with Gasteiger partial charge < -0.3 is 15.3 Å². The van der Waals surface area contributed by atoms with E-state index >= 15 is 0 Å². The summed E-state index contributed by atoms with van der Waals surface area (Å²) < 4.78 is 0. The number of nitro benzene ring substituents is 1. The Kier molecular flexibility index (Phi) is 3.82. The van der Waals surface area contributed by atoms with Gasteiger partial charge in [0.05, 0.1) is 10.5 Å². The lowest BCUT2D eigenvalue weighted by atomic mass is 10.1. The normalized spacial score (nSPS) is 9.67. The van der Waals surface area contributed by atoms with Gasteiger partial charge in [0, 0.05) is 20.2 Å². The molecule has 2 amide bonds. The van der Waals surface area contributed by atoms with Crippen LogP contribution in [-0.2, 0) is 0 Å². The fourth-order valence-electron chi connectivity index (χ4n) is 1.15. The van der Waals surface area contributed by atoms with Crippen LogP contribution in [0.15, 0.2) is 18.2 Å². The van der Waals surface area contributed by atoms with Crippen LogP contribution in [0.25, 0.3) is 0 Å². The van der Waals surface area contributed by atoms with E-state index in [0.29, 0.717) is 0 Å². The first-order chi connectivity index (χ1) is 8.32. The van der Waals surface area contributed by atoms with Gasteiger partial charge in [0.25, 0.3) is 5.69 Å². The average molecular weight is 253 g/mol. The number of amides is 2. The summed E-state index contributed by atoms with van der Waals surface area (Å²) in [5.41, 5.74) is -0.738. The van der Waals surface area contributed by atoms with Gasteiger partial charge in [0.2, 0.25) is 0 Å². The number of anilines is 1. The van der Waals surface area contributed by atoms with Crippen molar-refractivity contribution in [1.29, 1.82) is 0 Å². The number of hydrogen-bond donors (Lipinski definition) is 2. The number of hydrogen-bond acceptors (Lipinski definition) is 4. The van der Waals surface area contributed by atoms with Crippen LogP contribution in [0.2, 0.25) is 0 Å². The van der Waals surface area contributed by atoms with Crippen molar-refractivity contribution in [2.24, 2.45) is 0 Å². The van der Waals surface area contributed by atoms with Gasteiger partial charge in [-0.15, -0.1) is 0 Å². The maximum atomic E-state index is 11.4. The number of nitro groups is 1. The van der Waals surface area contributed by atoms with Gasteiger partial charge in [0.1, 0.15) is 5.69 Å². The van der Waals surface area contributed by atoms with Crippen molar-refractivity contribution >= 4 is 23.4 Å². The fraction of sp³-hybridized carbons (Fsp3) is 0.200. The smallest absolute Gasteiger partial charge is 0.335 e. The second-order valence-corrected chi connectivity index (χ2v) is 3.62. The molecule has 1 rings (SSSR count).